The Kier molecular flexibility index (Phi) is 5.44. The van der Waals surface area contributed by atoms with Gasteiger partial charge in [-0.1, -0.05) is 12.2 Å². The number of ether oxygens (including phenoxy) is 3. The maximum Gasteiger partial charge on any atom is 0.305 e. The Morgan fingerprint density at radius 1 is 1.19 bits per heavy atom. The first-order valence-electron chi connectivity index (χ1n) is 12.2. The van der Waals surface area contributed by atoms with E-state index in [1.807, 2.05) is 13.1 Å². The summed E-state index contributed by atoms with van der Waals surface area (Å²) in [6.07, 6.45) is -6.26. The number of rotatable bonds is 3. The minimum absolute atomic E-state index is 0.0343. The summed E-state index contributed by atoms with van der Waals surface area (Å²) >= 11 is 0. The van der Waals surface area contributed by atoms with E-state index in [2.05, 4.69) is 4.90 Å². The number of likely N-dealkylation sites (tertiary alicyclic amines) is 1. The van der Waals surface area contributed by atoms with Crippen molar-refractivity contribution >= 4 is 5.97 Å². The van der Waals surface area contributed by atoms with Gasteiger partial charge in [-0.25, -0.2) is 0 Å². The highest BCUT2D eigenvalue weighted by Gasteiger charge is 2.65. The molecule has 0 radical (unpaired) electrons. The lowest BCUT2D eigenvalue weighted by atomic mass is 9.53. The van der Waals surface area contributed by atoms with Crippen LogP contribution in [0.5, 0.6) is 11.5 Å². The minimum Gasteiger partial charge on any atom is -0.504 e. The molecule has 3 aliphatic heterocycles. The maximum absolute atomic E-state index is 11.5. The average Bonchev–Trinajstić information content (AvgIpc) is 3.19. The van der Waals surface area contributed by atoms with Crippen molar-refractivity contribution in [3.63, 3.8) is 0 Å². The number of carbonyl (C=O) groups excluding carboxylic acids is 1. The fraction of sp³-hybridized carbons (Fsp3) is 0.640. The van der Waals surface area contributed by atoms with Gasteiger partial charge in [0.15, 0.2) is 11.5 Å². The van der Waals surface area contributed by atoms with Crippen molar-refractivity contribution in [2.75, 3.05) is 13.6 Å². The van der Waals surface area contributed by atoms with Gasteiger partial charge >= 0.3 is 5.97 Å². The lowest BCUT2D eigenvalue weighted by molar-refractivity contribution is -0.302. The minimum atomic E-state index is -1.75. The summed E-state index contributed by atoms with van der Waals surface area (Å²) in [5.74, 6) is -0.654. The van der Waals surface area contributed by atoms with E-state index >= 15 is 0 Å². The van der Waals surface area contributed by atoms with Crippen molar-refractivity contribution in [3.05, 3.63) is 34.9 Å². The zero-order chi connectivity index (χ0) is 25.7. The second-order valence-electron chi connectivity index (χ2n) is 10.6. The summed E-state index contributed by atoms with van der Waals surface area (Å²) in [6, 6.07) is 1.40. The highest BCUT2D eigenvalue weighted by Crippen LogP contribution is 2.63. The van der Waals surface area contributed by atoms with Gasteiger partial charge in [-0.3, -0.25) is 4.79 Å². The number of esters is 1. The number of piperidine rings is 1. The molecule has 0 saturated carbocycles. The van der Waals surface area contributed by atoms with Gasteiger partial charge in [0.2, 0.25) is 6.29 Å². The standard InChI is InChI=1S/C25H31NO10/c1-9(27)34-24-20(33)18(31)19(32)22(36-24)17(30)11-8-15(29)21-16-10(11)7-13-12-3-4-14(28)23(35-21)25(12,16)5-6-26(13)2/h3-4,8,12-14,17-20,22-24,28-33H,5-7H2,1-2H3/t12-,13+,14-,17?,18-,19-,20+,22+,23-,24+,25-/m0/s1. The smallest absolute Gasteiger partial charge is 0.305 e. The van der Waals surface area contributed by atoms with Gasteiger partial charge in [0.25, 0.3) is 0 Å². The predicted octanol–water partition coefficient (Wildman–Crippen LogP) is -1.40. The van der Waals surface area contributed by atoms with Gasteiger partial charge in [-0.05, 0) is 43.6 Å². The molecule has 1 unspecified atom stereocenters. The number of phenols is 1. The molecule has 1 spiro atoms. The molecule has 36 heavy (non-hydrogen) atoms. The van der Waals surface area contributed by atoms with Crippen LogP contribution in [0.25, 0.3) is 0 Å². The van der Waals surface area contributed by atoms with Crippen molar-refractivity contribution in [2.45, 2.75) is 80.2 Å². The number of aliphatic hydroxyl groups excluding tert-OH is 5. The van der Waals surface area contributed by atoms with Crippen LogP contribution < -0.4 is 4.74 Å². The van der Waals surface area contributed by atoms with Crippen LogP contribution in [0.4, 0.5) is 0 Å². The van der Waals surface area contributed by atoms with Gasteiger partial charge in [0.1, 0.15) is 42.7 Å². The van der Waals surface area contributed by atoms with Crippen LogP contribution in [0.15, 0.2) is 18.2 Å². The quantitative estimate of drug-likeness (QED) is 0.211. The molecule has 11 atom stereocenters. The van der Waals surface area contributed by atoms with Crippen molar-refractivity contribution < 1.29 is 49.6 Å². The molecule has 6 N–H and O–H groups in total. The molecule has 2 fully saturated rings. The second-order valence-corrected chi connectivity index (χ2v) is 10.6. The molecule has 1 aromatic rings. The molecule has 2 saturated heterocycles. The number of hydrogen-bond donors (Lipinski definition) is 6. The van der Waals surface area contributed by atoms with Gasteiger partial charge in [-0.15, -0.1) is 0 Å². The van der Waals surface area contributed by atoms with E-state index in [9.17, 15) is 35.4 Å². The monoisotopic (exact) mass is 505 g/mol. The Labute approximate surface area is 207 Å². The predicted molar refractivity (Wildman–Crippen MR) is 121 cm³/mol. The summed E-state index contributed by atoms with van der Waals surface area (Å²) in [7, 11) is 2.03. The largest absolute Gasteiger partial charge is 0.504 e. The van der Waals surface area contributed by atoms with Crippen LogP contribution in [0.2, 0.25) is 0 Å². The number of likely N-dealkylation sites (N-methyl/N-ethyl adjacent to an activating group) is 1. The molecule has 196 valence electrons. The van der Waals surface area contributed by atoms with Gasteiger partial charge in [-0.2, -0.15) is 0 Å². The maximum atomic E-state index is 11.5. The van der Waals surface area contributed by atoms with Crippen molar-refractivity contribution in [2.24, 2.45) is 5.92 Å². The highest BCUT2D eigenvalue weighted by atomic mass is 16.7. The van der Waals surface area contributed by atoms with E-state index in [-0.39, 0.29) is 23.3 Å². The first-order chi connectivity index (χ1) is 17.1. The summed E-state index contributed by atoms with van der Waals surface area (Å²) in [6.45, 7) is 1.88. The SMILES string of the molecule is CC(=O)O[C@@H]1O[C@H](C(O)c2cc(O)c3c4c2C[C@@H]2[C@@H]5C=C[C@H](O)[C@H](O3)[C@]45CCN2C)[C@@H](O)[C@H](O)[C@H]1O. The molecule has 5 aliphatic rings. The lowest BCUT2D eigenvalue weighted by Gasteiger charge is -2.56. The molecular weight excluding hydrogens is 474 g/mol. The van der Waals surface area contributed by atoms with Crippen molar-refractivity contribution in [1.82, 2.24) is 4.90 Å². The number of phenolic OH excluding ortho intramolecular Hbond substituents is 1. The third-order valence-electron chi connectivity index (χ3n) is 8.83. The normalized spacial score (nSPS) is 43.5. The summed E-state index contributed by atoms with van der Waals surface area (Å²) in [5.41, 5.74) is 1.17. The third kappa shape index (κ3) is 3.08. The summed E-state index contributed by atoms with van der Waals surface area (Å²) in [4.78, 5) is 13.7. The molecule has 6 rings (SSSR count). The average molecular weight is 506 g/mol. The fourth-order valence-electron chi connectivity index (χ4n) is 7.19. The molecule has 3 heterocycles. The topological polar surface area (TPSA) is 169 Å². The van der Waals surface area contributed by atoms with E-state index in [1.54, 1.807) is 6.08 Å². The second kappa shape index (κ2) is 8.12. The molecule has 2 aliphatic carbocycles. The van der Waals surface area contributed by atoms with Gasteiger partial charge in [0.05, 0.1) is 0 Å². The molecule has 0 aromatic heterocycles. The van der Waals surface area contributed by atoms with E-state index in [4.69, 9.17) is 14.2 Å². The number of benzene rings is 1. The molecule has 1 aromatic carbocycles. The first kappa shape index (κ1) is 24.1. The number of aliphatic hydroxyl groups is 5. The van der Waals surface area contributed by atoms with Crippen LogP contribution in [0.3, 0.4) is 0 Å². The summed E-state index contributed by atoms with van der Waals surface area (Å²) in [5, 5.41) is 64.6. The van der Waals surface area contributed by atoms with Crippen LogP contribution in [-0.2, 0) is 26.1 Å². The molecule has 11 nitrogen and oxygen atoms in total. The Morgan fingerprint density at radius 2 is 1.94 bits per heavy atom. The fourth-order valence-corrected chi connectivity index (χ4v) is 7.19. The molecular formula is C25H31NO10. The van der Waals surface area contributed by atoms with Crippen molar-refractivity contribution in [1.29, 1.82) is 0 Å². The first-order valence-corrected chi connectivity index (χ1v) is 12.2. The lowest BCUT2D eigenvalue weighted by Crippen LogP contribution is -2.65. The zero-order valence-corrected chi connectivity index (χ0v) is 19.9. The van der Waals surface area contributed by atoms with Crippen LogP contribution >= 0.6 is 0 Å². The van der Waals surface area contributed by atoms with E-state index in [0.717, 1.165) is 24.6 Å². The van der Waals surface area contributed by atoms with Crippen LogP contribution in [-0.4, -0.2) is 104 Å². The number of carbonyl (C=O) groups is 1. The number of aromatic hydroxyl groups is 1. The summed E-state index contributed by atoms with van der Waals surface area (Å²) < 4.78 is 16.7. The van der Waals surface area contributed by atoms with E-state index in [1.165, 1.54) is 6.07 Å². The Hall–Kier alpha value is -2.25. The third-order valence-corrected chi connectivity index (χ3v) is 8.83. The Balaban J connectivity index is 1.46. The van der Waals surface area contributed by atoms with Crippen LogP contribution in [0, 0.1) is 5.92 Å². The Morgan fingerprint density at radius 3 is 2.67 bits per heavy atom. The van der Waals surface area contributed by atoms with Crippen LogP contribution in [0.1, 0.15) is 36.1 Å². The Bertz CT molecular complexity index is 1120. The molecule has 2 bridgehead atoms. The number of hydrogen-bond acceptors (Lipinski definition) is 11. The van der Waals surface area contributed by atoms with Gasteiger partial charge in [0, 0.05) is 29.9 Å². The van der Waals surface area contributed by atoms with Crippen molar-refractivity contribution in [3.8, 4) is 11.5 Å². The zero-order valence-electron chi connectivity index (χ0n) is 19.9. The molecule has 0 amide bonds. The van der Waals surface area contributed by atoms with Gasteiger partial charge < -0.3 is 49.7 Å². The highest BCUT2D eigenvalue weighted by molar-refractivity contribution is 5.66. The van der Waals surface area contributed by atoms with E-state index in [0.29, 0.717) is 18.6 Å². The number of nitrogens with zero attached hydrogens (tertiary/aromatic N) is 1. The molecule has 11 heteroatoms. The van der Waals surface area contributed by atoms with E-state index < -0.39 is 60.4 Å².